The fourth-order valence-corrected chi connectivity index (χ4v) is 5.36. The van der Waals surface area contributed by atoms with Crippen LogP contribution in [0.25, 0.3) is 11.1 Å². The Hall–Kier alpha value is -3.33. The number of hydrogen-bond acceptors (Lipinski definition) is 8. The van der Waals surface area contributed by atoms with Gasteiger partial charge in [-0.05, 0) is 48.9 Å². The van der Waals surface area contributed by atoms with E-state index in [1.165, 1.54) is 6.07 Å². The van der Waals surface area contributed by atoms with Crippen LogP contribution in [-0.4, -0.2) is 45.6 Å². The molecule has 164 valence electrons. The van der Waals surface area contributed by atoms with Crippen molar-refractivity contribution >= 4 is 11.5 Å². The molecule has 2 unspecified atom stereocenters. The quantitative estimate of drug-likeness (QED) is 0.506. The van der Waals surface area contributed by atoms with Crippen molar-refractivity contribution in [1.82, 2.24) is 19.9 Å². The zero-order chi connectivity index (χ0) is 22.0. The summed E-state index contributed by atoms with van der Waals surface area (Å²) < 4.78 is 20.4. The second-order valence-electron chi connectivity index (χ2n) is 8.83. The third-order valence-electron chi connectivity index (χ3n) is 6.88. The van der Waals surface area contributed by atoms with E-state index >= 15 is 0 Å². The lowest BCUT2D eigenvalue weighted by molar-refractivity contribution is 0.432. The first-order valence-electron chi connectivity index (χ1n) is 10.9. The van der Waals surface area contributed by atoms with Crippen LogP contribution in [0.1, 0.15) is 29.9 Å². The Morgan fingerprint density at radius 2 is 2.00 bits per heavy atom. The van der Waals surface area contributed by atoms with Gasteiger partial charge in [-0.2, -0.15) is 9.97 Å². The predicted octanol–water partition coefficient (Wildman–Crippen LogP) is 3.05. The maximum atomic E-state index is 14.5. The van der Waals surface area contributed by atoms with E-state index in [1.54, 1.807) is 25.5 Å². The van der Waals surface area contributed by atoms with Crippen LogP contribution in [0.2, 0.25) is 0 Å². The molecule has 2 fully saturated rings. The highest BCUT2D eigenvalue weighted by Crippen LogP contribution is 2.48. The van der Waals surface area contributed by atoms with E-state index in [0.29, 0.717) is 30.0 Å². The Bertz CT molecular complexity index is 1210. The largest absolute Gasteiger partial charge is 0.421 e. The lowest BCUT2D eigenvalue weighted by Crippen LogP contribution is -2.41. The number of nitrogens with two attached hydrogens (primary N) is 1. The lowest BCUT2D eigenvalue weighted by Gasteiger charge is -2.32. The molecule has 3 heterocycles. The molecule has 1 aromatic carbocycles. The van der Waals surface area contributed by atoms with Crippen LogP contribution >= 0.6 is 0 Å². The first-order valence-corrected chi connectivity index (χ1v) is 10.9. The SMILES string of the molecule is CNc1cc(F)cc2c1Cc1nc(Oc3cnc(C)nc3)nc(N3CC4CC3C[C@@H]4N)c1-2. The summed E-state index contributed by atoms with van der Waals surface area (Å²) in [5.41, 5.74) is 10.7. The molecule has 1 saturated carbocycles. The highest BCUT2D eigenvalue weighted by Gasteiger charge is 2.45. The summed E-state index contributed by atoms with van der Waals surface area (Å²) >= 11 is 0. The number of fused-ring (bicyclic) bond motifs is 5. The standard InChI is InChI=1S/C23H24FN7O/c1-11-27-8-15(9-28-11)32-23-29-20-7-16-17(4-13(24)5-19(16)26-2)21(20)22(30-23)31-10-12-3-14(31)6-18(12)25/h4-5,8-9,12,14,18,26H,3,6-7,10,25H2,1-2H3/t12?,14?,18-/m0/s1. The average molecular weight is 433 g/mol. The van der Waals surface area contributed by atoms with E-state index in [-0.39, 0.29) is 17.9 Å². The summed E-state index contributed by atoms with van der Waals surface area (Å²) in [6, 6.07) is 3.91. The fraction of sp³-hybridized carbons (Fsp3) is 0.391. The van der Waals surface area contributed by atoms with Gasteiger partial charge in [0.2, 0.25) is 0 Å². The van der Waals surface area contributed by atoms with Gasteiger partial charge in [-0.15, -0.1) is 0 Å². The van der Waals surface area contributed by atoms with Gasteiger partial charge in [0.25, 0.3) is 0 Å². The summed E-state index contributed by atoms with van der Waals surface area (Å²) in [6.07, 6.45) is 5.79. The first kappa shape index (κ1) is 19.4. The Balaban J connectivity index is 1.48. The molecular formula is C23H24FN7O. The van der Waals surface area contributed by atoms with E-state index in [0.717, 1.165) is 53.3 Å². The van der Waals surface area contributed by atoms with Crippen molar-refractivity contribution in [2.75, 3.05) is 23.8 Å². The minimum atomic E-state index is -0.283. The molecule has 2 aromatic heterocycles. The Labute approximate surface area is 185 Å². The number of nitrogens with one attached hydrogen (secondary N) is 1. The normalized spacial score (nSPS) is 22.8. The van der Waals surface area contributed by atoms with Crippen LogP contribution in [0.15, 0.2) is 24.5 Å². The topological polar surface area (TPSA) is 102 Å². The molecule has 3 aromatic rings. The van der Waals surface area contributed by atoms with Crippen molar-refractivity contribution in [3.63, 3.8) is 0 Å². The number of anilines is 2. The number of rotatable bonds is 4. The van der Waals surface area contributed by atoms with Gasteiger partial charge in [0.1, 0.15) is 17.5 Å². The minimum Gasteiger partial charge on any atom is -0.421 e. The molecular weight excluding hydrogens is 409 g/mol. The molecule has 6 rings (SSSR count). The summed E-state index contributed by atoms with van der Waals surface area (Å²) in [4.78, 5) is 20.2. The maximum absolute atomic E-state index is 14.5. The predicted molar refractivity (Wildman–Crippen MR) is 118 cm³/mol. The van der Waals surface area contributed by atoms with Gasteiger partial charge in [-0.1, -0.05) is 0 Å². The molecule has 0 radical (unpaired) electrons. The zero-order valence-electron chi connectivity index (χ0n) is 18.0. The fourth-order valence-electron chi connectivity index (χ4n) is 5.36. The highest BCUT2D eigenvalue weighted by atomic mass is 19.1. The van der Waals surface area contributed by atoms with Crippen molar-refractivity contribution in [1.29, 1.82) is 0 Å². The first-order chi connectivity index (χ1) is 15.5. The van der Waals surface area contributed by atoms with Gasteiger partial charge >= 0.3 is 6.01 Å². The van der Waals surface area contributed by atoms with Gasteiger partial charge in [0.15, 0.2) is 5.75 Å². The number of nitrogens with zero attached hydrogens (tertiary/aromatic N) is 5. The van der Waals surface area contributed by atoms with Gasteiger partial charge in [-0.25, -0.2) is 14.4 Å². The molecule has 1 saturated heterocycles. The van der Waals surface area contributed by atoms with Crippen LogP contribution in [0, 0.1) is 18.7 Å². The number of halogens is 1. The lowest BCUT2D eigenvalue weighted by atomic mass is 10.0. The van der Waals surface area contributed by atoms with E-state index in [2.05, 4.69) is 20.2 Å². The van der Waals surface area contributed by atoms with Gasteiger partial charge in [0, 0.05) is 43.3 Å². The molecule has 0 amide bonds. The Kier molecular flexibility index (Phi) is 4.29. The Morgan fingerprint density at radius 1 is 1.19 bits per heavy atom. The van der Waals surface area contributed by atoms with Gasteiger partial charge < -0.3 is 20.7 Å². The van der Waals surface area contributed by atoms with E-state index < -0.39 is 0 Å². The minimum absolute atomic E-state index is 0.229. The third-order valence-corrected chi connectivity index (χ3v) is 6.88. The average Bonchev–Trinajstić information content (AvgIpc) is 3.46. The maximum Gasteiger partial charge on any atom is 0.324 e. The molecule has 3 aliphatic rings. The summed E-state index contributed by atoms with van der Waals surface area (Å²) in [5.74, 6) is 2.10. The summed E-state index contributed by atoms with van der Waals surface area (Å²) in [7, 11) is 1.80. The van der Waals surface area contributed by atoms with E-state index in [9.17, 15) is 4.39 Å². The Morgan fingerprint density at radius 3 is 2.69 bits per heavy atom. The highest BCUT2D eigenvalue weighted by molar-refractivity contribution is 5.88. The van der Waals surface area contributed by atoms with Crippen molar-refractivity contribution in [3.05, 3.63) is 47.4 Å². The van der Waals surface area contributed by atoms with Crippen molar-refractivity contribution in [2.24, 2.45) is 11.7 Å². The molecule has 2 aliphatic carbocycles. The number of piperidine rings is 1. The molecule has 3 N–H and O–H groups in total. The molecule has 9 heteroatoms. The van der Waals surface area contributed by atoms with Crippen molar-refractivity contribution in [2.45, 2.75) is 38.3 Å². The summed E-state index contributed by atoms with van der Waals surface area (Å²) in [6.45, 7) is 2.66. The van der Waals surface area contributed by atoms with E-state index in [1.807, 2.05) is 6.92 Å². The smallest absolute Gasteiger partial charge is 0.324 e. The van der Waals surface area contributed by atoms with Crippen LogP contribution in [0.5, 0.6) is 11.8 Å². The molecule has 0 spiro atoms. The van der Waals surface area contributed by atoms with Crippen LogP contribution < -0.4 is 20.7 Å². The second-order valence-corrected chi connectivity index (χ2v) is 8.83. The van der Waals surface area contributed by atoms with Gasteiger partial charge in [-0.3, -0.25) is 0 Å². The van der Waals surface area contributed by atoms with Crippen LogP contribution in [0.4, 0.5) is 15.9 Å². The number of ether oxygens (including phenoxy) is 1. The van der Waals surface area contributed by atoms with Crippen LogP contribution in [0.3, 0.4) is 0 Å². The molecule has 2 bridgehead atoms. The van der Waals surface area contributed by atoms with E-state index in [4.69, 9.17) is 20.4 Å². The number of benzene rings is 1. The molecule has 32 heavy (non-hydrogen) atoms. The number of aromatic nitrogens is 4. The van der Waals surface area contributed by atoms with Crippen LogP contribution in [-0.2, 0) is 6.42 Å². The molecule has 1 aliphatic heterocycles. The zero-order valence-corrected chi connectivity index (χ0v) is 18.0. The number of aryl methyl sites for hydroxylation is 1. The molecule has 8 nitrogen and oxygen atoms in total. The van der Waals surface area contributed by atoms with Crippen molar-refractivity contribution in [3.8, 4) is 22.9 Å². The third kappa shape index (κ3) is 2.99. The molecule has 3 atom stereocenters. The number of hydrogen-bond donors (Lipinski definition) is 2. The van der Waals surface area contributed by atoms with Crippen molar-refractivity contribution < 1.29 is 9.13 Å². The second kappa shape index (κ2) is 7.09. The summed E-state index contributed by atoms with van der Waals surface area (Å²) in [5, 5.41) is 3.12. The van der Waals surface area contributed by atoms with Gasteiger partial charge in [0.05, 0.1) is 18.1 Å². The monoisotopic (exact) mass is 433 g/mol.